The predicted molar refractivity (Wildman–Crippen MR) is 101 cm³/mol. The zero-order valence-corrected chi connectivity index (χ0v) is 17.1. The van der Waals surface area contributed by atoms with Gasteiger partial charge in [-0.1, -0.05) is 44.0 Å². The lowest BCUT2D eigenvalue weighted by molar-refractivity contribution is -0.00694. The lowest BCUT2D eigenvalue weighted by Crippen LogP contribution is -2.52. The van der Waals surface area contributed by atoms with Gasteiger partial charge in [0.25, 0.3) is 0 Å². The Morgan fingerprint density at radius 1 is 1.17 bits per heavy atom. The molecular weight excluding hydrogens is 349 g/mol. The zero-order chi connectivity index (χ0) is 17.3. The van der Waals surface area contributed by atoms with Crippen molar-refractivity contribution < 1.29 is 9.16 Å². The summed E-state index contributed by atoms with van der Waals surface area (Å²) in [6.45, 7) is 12.7. The van der Waals surface area contributed by atoms with Gasteiger partial charge >= 0.3 is 0 Å². The van der Waals surface area contributed by atoms with E-state index in [1.807, 2.05) is 12.1 Å². The first-order valence-corrected chi connectivity index (χ1v) is 11.7. The van der Waals surface area contributed by atoms with Gasteiger partial charge in [-0.3, -0.25) is 0 Å². The predicted octanol–water partition coefficient (Wildman–Crippen LogP) is 5.58. The standard InChI is InChI=1S/C17H27Cl2NO2Si/c1-17(2,3)23(4,5)22-16-11-21-7-6-15(16)20-14-9-12(18)8-13(19)10-14/h8-10,15-16,20H,6-7,11H2,1-5H3/t15-,16-/m1/s1. The highest BCUT2D eigenvalue weighted by Gasteiger charge is 2.41. The first-order chi connectivity index (χ1) is 10.6. The van der Waals surface area contributed by atoms with Gasteiger partial charge in [-0.25, -0.2) is 0 Å². The summed E-state index contributed by atoms with van der Waals surface area (Å²) in [4.78, 5) is 0. The molecule has 1 aliphatic heterocycles. The van der Waals surface area contributed by atoms with Gasteiger partial charge in [-0.05, 0) is 42.8 Å². The van der Waals surface area contributed by atoms with E-state index in [4.69, 9.17) is 32.4 Å². The molecule has 2 rings (SSSR count). The quantitative estimate of drug-likeness (QED) is 0.696. The maximum absolute atomic E-state index is 6.57. The summed E-state index contributed by atoms with van der Waals surface area (Å²) >= 11 is 12.2. The molecule has 0 unspecified atom stereocenters. The normalized spacial score (nSPS) is 22.9. The molecule has 1 heterocycles. The zero-order valence-electron chi connectivity index (χ0n) is 14.6. The Labute approximate surface area is 150 Å². The highest BCUT2D eigenvalue weighted by atomic mass is 35.5. The molecule has 1 aromatic carbocycles. The molecule has 1 aliphatic rings. The Balaban J connectivity index is 2.12. The van der Waals surface area contributed by atoms with Crippen LogP contribution in [0.1, 0.15) is 27.2 Å². The van der Waals surface area contributed by atoms with Crippen molar-refractivity contribution in [3.63, 3.8) is 0 Å². The molecule has 0 saturated carbocycles. The Bertz CT molecular complexity index is 526. The summed E-state index contributed by atoms with van der Waals surface area (Å²) in [6, 6.07) is 5.73. The smallest absolute Gasteiger partial charge is 0.192 e. The number of ether oxygens (including phenoxy) is 1. The van der Waals surface area contributed by atoms with Crippen molar-refractivity contribution in [2.24, 2.45) is 0 Å². The van der Waals surface area contributed by atoms with Crippen molar-refractivity contribution >= 4 is 37.2 Å². The van der Waals surface area contributed by atoms with E-state index in [9.17, 15) is 0 Å². The van der Waals surface area contributed by atoms with E-state index in [-0.39, 0.29) is 17.2 Å². The van der Waals surface area contributed by atoms with Crippen LogP contribution in [0.3, 0.4) is 0 Å². The van der Waals surface area contributed by atoms with Gasteiger partial charge in [-0.15, -0.1) is 0 Å². The molecule has 1 fully saturated rings. The van der Waals surface area contributed by atoms with Gasteiger partial charge in [0.05, 0.1) is 18.8 Å². The van der Waals surface area contributed by atoms with E-state index < -0.39 is 8.32 Å². The second kappa shape index (κ2) is 7.32. The first-order valence-electron chi connectivity index (χ1n) is 8.07. The molecule has 23 heavy (non-hydrogen) atoms. The number of rotatable bonds is 4. The molecule has 130 valence electrons. The Hall–Kier alpha value is -0.263. The minimum absolute atomic E-state index is 0.0439. The summed E-state index contributed by atoms with van der Waals surface area (Å²) in [5.41, 5.74) is 0.929. The Morgan fingerprint density at radius 2 is 1.78 bits per heavy atom. The third-order valence-corrected chi connectivity index (χ3v) is 9.71. The van der Waals surface area contributed by atoms with Crippen LogP contribution in [-0.2, 0) is 9.16 Å². The average molecular weight is 376 g/mol. The Morgan fingerprint density at radius 3 is 2.35 bits per heavy atom. The van der Waals surface area contributed by atoms with Gasteiger partial charge < -0.3 is 14.5 Å². The minimum atomic E-state index is -1.85. The summed E-state index contributed by atoms with van der Waals surface area (Å²) in [5, 5.41) is 4.98. The van der Waals surface area contributed by atoms with Crippen LogP contribution in [0, 0.1) is 0 Å². The van der Waals surface area contributed by atoms with Crippen molar-refractivity contribution in [1.82, 2.24) is 0 Å². The monoisotopic (exact) mass is 375 g/mol. The molecule has 3 nitrogen and oxygen atoms in total. The lowest BCUT2D eigenvalue weighted by Gasteiger charge is -2.43. The van der Waals surface area contributed by atoms with E-state index in [0.717, 1.165) is 18.7 Å². The van der Waals surface area contributed by atoms with Gasteiger partial charge in [0.15, 0.2) is 8.32 Å². The fraction of sp³-hybridized carbons (Fsp3) is 0.647. The molecule has 0 bridgehead atoms. The van der Waals surface area contributed by atoms with Crippen molar-refractivity contribution in [3.05, 3.63) is 28.2 Å². The van der Waals surface area contributed by atoms with Gasteiger partial charge in [0.1, 0.15) is 0 Å². The van der Waals surface area contributed by atoms with Crippen molar-refractivity contribution in [3.8, 4) is 0 Å². The molecule has 6 heteroatoms. The van der Waals surface area contributed by atoms with Crippen molar-refractivity contribution in [2.45, 2.75) is 57.5 Å². The number of anilines is 1. The van der Waals surface area contributed by atoms with Crippen molar-refractivity contribution in [1.29, 1.82) is 0 Å². The van der Waals surface area contributed by atoms with Crippen LogP contribution in [0.2, 0.25) is 28.2 Å². The summed E-state index contributed by atoms with van der Waals surface area (Å²) in [5.74, 6) is 0. The summed E-state index contributed by atoms with van der Waals surface area (Å²) < 4.78 is 12.2. The topological polar surface area (TPSA) is 30.5 Å². The van der Waals surface area contributed by atoms with Crippen LogP contribution in [0.25, 0.3) is 0 Å². The van der Waals surface area contributed by atoms with Gasteiger partial charge in [0, 0.05) is 22.3 Å². The molecule has 1 N–H and O–H groups in total. The van der Waals surface area contributed by atoms with Crippen LogP contribution in [0.4, 0.5) is 5.69 Å². The average Bonchev–Trinajstić information content (AvgIpc) is 2.38. The summed E-state index contributed by atoms with van der Waals surface area (Å²) in [7, 11) is -1.85. The van der Waals surface area contributed by atoms with Crippen LogP contribution in [-0.4, -0.2) is 33.7 Å². The second-order valence-electron chi connectivity index (χ2n) is 7.69. The van der Waals surface area contributed by atoms with E-state index in [0.29, 0.717) is 16.7 Å². The number of benzene rings is 1. The summed E-state index contributed by atoms with van der Waals surface area (Å²) in [6.07, 6.45) is 0.950. The van der Waals surface area contributed by atoms with E-state index in [1.165, 1.54) is 0 Å². The largest absolute Gasteiger partial charge is 0.409 e. The molecule has 0 aromatic heterocycles. The van der Waals surface area contributed by atoms with E-state index >= 15 is 0 Å². The number of nitrogens with one attached hydrogen (secondary N) is 1. The third kappa shape index (κ3) is 5.10. The maximum atomic E-state index is 6.57. The van der Waals surface area contributed by atoms with Crippen LogP contribution in [0.5, 0.6) is 0 Å². The van der Waals surface area contributed by atoms with Gasteiger partial charge in [0.2, 0.25) is 0 Å². The molecular formula is C17H27Cl2NO2Si. The number of halogens is 2. The SMILES string of the molecule is CC(C)(C)[Si](C)(C)O[C@@H]1COCC[C@H]1Nc1cc(Cl)cc(Cl)c1. The fourth-order valence-corrected chi connectivity index (χ4v) is 4.27. The molecule has 1 saturated heterocycles. The fourth-order valence-electron chi connectivity index (χ4n) is 2.40. The van der Waals surface area contributed by atoms with Crippen molar-refractivity contribution in [2.75, 3.05) is 18.5 Å². The number of hydrogen-bond acceptors (Lipinski definition) is 3. The van der Waals surface area contributed by atoms with Crippen LogP contribution < -0.4 is 5.32 Å². The molecule has 0 amide bonds. The number of hydrogen-bond donors (Lipinski definition) is 1. The second-order valence-corrected chi connectivity index (χ2v) is 13.3. The highest BCUT2D eigenvalue weighted by Crippen LogP contribution is 2.38. The van der Waals surface area contributed by atoms with Gasteiger partial charge in [-0.2, -0.15) is 0 Å². The van der Waals surface area contributed by atoms with Crippen LogP contribution >= 0.6 is 23.2 Å². The third-order valence-electron chi connectivity index (χ3n) is 4.77. The first kappa shape index (κ1) is 19.1. The van der Waals surface area contributed by atoms with E-state index in [1.54, 1.807) is 6.07 Å². The molecule has 0 aliphatic carbocycles. The lowest BCUT2D eigenvalue weighted by atomic mass is 10.1. The molecule has 0 spiro atoms. The minimum Gasteiger partial charge on any atom is -0.409 e. The molecule has 1 aromatic rings. The molecule has 2 atom stereocenters. The Kier molecular flexibility index (Phi) is 6.07. The highest BCUT2D eigenvalue weighted by molar-refractivity contribution is 6.74. The van der Waals surface area contributed by atoms with Crippen LogP contribution in [0.15, 0.2) is 18.2 Å². The molecule has 0 radical (unpaired) electrons. The van der Waals surface area contributed by atoms with E-state index in [2.05, 4.69) is 39.2 Å². The maximum Gasteiger partial charge on any atom is 0.192 e.